The molecule has 0 aromatic rings. The van der Waals surface area contributed by atoms with Gasteiger partial charge in [0, 0.05) is 34.2 Å². The minimum atomic E-state index is -1.22. The smallest absolute Gasteiger partial charge is 0.303 e. The van der Waals surface area contributed by atoms with Crippen molar-refractivity contribution in [1.29, 1.82) is 0 Å². The van der Waals surface area contributed by atoms with Gasteiger partial charge >= 0.3 is 23.9 Å². The number of likely N-dealkylation sites (N-methyl/N-ethyl adjacent to an activating group) is 1. The molecule has 1 aliphatic rings. The Kier molecular flexibility index (Phi) is 9.83. The molecule has 1 rings (SSSR count). The molecule has 0 aliphatic carbocycles. The predicted octanol–water partition coefficient (Wildman–Crippen LogP) is -0.694. The molecule has 0 aromatic heterocycles. The average molecular weight is 405 g/mol. The van der Waals surface area contributed by atoms with Crippen molar-refractivity contribution in [2.45, 2.75) is 58.4 Å². The first-order valence-corrected chi connectivity index (χ1v) is 8.72. The normalized spacial score (nSPS) is 26.8. The highest BCUT2D eigenvalue weighted by Gasteiger charge is 2.52. The van der Waals surface area contributed by atoms with E-state index in [2.05, 4.69) is 5.32 Å². The monoisotopic (exact) mass is 405 g/mol. The first kappa shape index (κ1) is 23.8. The van der Waals surface area contributed by atoms with Crippen LogP contribution in [0.15, 0.2) is 0 Å². The number of hydrogen-bond acceptors (Lipinski definition) is 11. The molecule has 160 valence electrons. The van der Waals surface area contributed by atoms with Crippen LogP contribution in [0.25, 0.3) is 0 Å². The van der Waals surface area contributed by atoms with E-state index >= 15 is 0 Å². The van der Waals surface area contributed by atoms with Gasteiger partial charge in [0.2, 0.25) is 0 Å². The molecule has 0 unspecified atom stereocenters. The molecule has 0 amide bonds. The molecule has 1 fully saturated rings. The van der Waals surface area contributed by atoms with Crippen LogP contribution in [0.1, 0.15) is 27.7 Å². The molecule has 11 nitrogen and oxygen atoms in total. The Hall–Kier alpha value is -2.24. The summed E-state index contributed by atoms with van der Waals surface area (Å²) in [5, 5.41) is 2.88. The molecule has 1 heterocycles. The summed E-state index contributed by atoms with van der Waals surface area (Å²) in [6.07, 6.45) is -5.76. The number of hydrogen-bond donors (Lipinski definition) is 1. The molecule has 28 heavy (non-hydrogen) atoms. The molecule has 11 heteroatoms. The zero-order valence-electron chi connectivity index (χ0n) is 16.6. The zero-order valence-corrected chi connectivity index (χ0v) is 16.6. The molecule has 1 N–H and O–H groups in total. The molecular weight excluding hydrogens is 378 g/mol. The van der Waals surface area contributed by atoms with Crippen LogP contribution in [0, 0.1) is 0 Å². The molecule has 0 aromatic carbocycles. The van der Waals surface area contributed by atoms with Gasteiger partial charge in [-0.05, 0) is 7.05 Å². The van der Waals surface area contributed by atoms with E-state index in [1.165, 1.54) is 13.8 Å². The molecule has 1 saturated heterocycles. The molecule has 0 spiro atoms. The number of esters is 4. The second kappa shape index (κ2) is 11.6. The van der Waals surface area contributed by atoms with E-state index in [1.54, 1.807) is 7.05 Å². The summed E-state index contributed by atoms with van der Waals surface area (Å²) in [7, 11) is 1.72. The zero-order chi connectivity index (χ0) is 21.3. The summed E-state index contributed by atoms with van der Waals surface area (Å²) >= 11 is 0. The van der Waals surface area contributed by atoms with E-state index in [-0.39, 0.29) is 13.2 Å². The van der Waals surface area contributed by atoms with Crippen LogP contribution in [0.2, 0.25) is 0 Å². The van der Waals surface area contributed by atoms with E-state index in [0.29, 0.717) is 6.54 Å². The molecular formula is C17H27NO10. The number of rotatable bonds is 9. The molecule has 0 radical (unpaired) electrons. The quantitative estimate of drug-likeness (QED) is 0.296. The minimum Gasteiger partial charge on any atom is -0.463 e. The topological polar surface area (TPSA) is 136 Å². The Morgan fingerprint density at radius 2 is 1.36 bits per heavy atom. The lowest BCUT2D eigenvalue weighted by molar-refractivity contribution is -0.307. The van der Waals surface area contributed by atoms with Crippen molar-refractivity contribution < 1.29 is 47.6 Å². The molecule has 5 atom stereocenters. The first-order valence-electron chi connectivity index (χ1n) is 8.72. The fraction of sp³-hybridized carbons (Fsp3) is 0.765. The van der Waals surface area contributed by atoms with Crippen LogP contribution in [0.4, 0.5) is 0 Å². The second-order valence-electron chi connectivity index (χ2n) is 6.04. The van der Waals surface area contributed by atoms with E-state index in [9.17, 15) is 19.2 Å². The third-order valence-electron chi connectivity index (χ3n) is 3.58. The largest absolute Gasteiger partial charge is 0.463 e. The van der Waals surface area contributed by atoms with Crippen molar-refractivity contribution in [3.05, 3.63) is 0 Å². The van der Waals surface area contributed by atoms with E-state index in [1.807, 2.05) is 0 Å². The van der Waals surface area contributed by atoms with Gasteiger partial charge in [-0.15, -0.1) is 0 Å². The van der Waals surface area contributed by atoms with Gasteiger partial charge < -0.3 is 33.7 Å². The van der Waals surface area contributed by atoms with Crippen LogP contribution < -0.4 is 5.32 Å². The highest BCUT2D eigenvalue weighted by atomic mass is 16.7. The van der Waals surface area contributed by atoms with Crippen LogP contribution in [0.5, 0.6) is 0 Å². The highest BCUT2D eigenvalue weighted by Crippen LogP contribution is 2.29. The molecule has 0 saturated carbocycles. The summed E-state index contributed by atoms with van der Waals surface area (Å²) in [6, 6.07) is 0. The van der Waals surface area contributed by atoms with Gasteiger partial charge in [-0.1, -0.05) is 0 Å². The van der Waals surface area contributed by atoms with Crippen LogP contribution >= 0.6 is 0 Å². The summed E-state index contributed by atoms with van der Waals surface area (Å²) in [4.78, 5) is 46.0. The van der Waals surface area contributed by atoms with Crippen molar-refractivity contribution in [3.63, 3.8) is 0 Å². The number of carbonyl (C=O) groups excluding carboxylic acids is 4. The van der Waals surface area contributed by atoms with Gasteiger partial charge in [-0.25, -0.2) is 0 Å². The Bertz CT molecular complexity index is 566. The summed E-state index contributed by atoms with van der Waals surface area (Å²) in [6.45, 7) is 5.05. The average Bonchev–Trinajstić information content (AvgIpc) is 2.57. The van der Waals surface area contributed by atoms with Crippen molar-refractivity contribution in [2.24, 2.45) is 0 Å². The lowest BCUT2D eigenvalue weighted by Crippen LogP contribution is -2.63. The number of nitrogens with one attached hydrogen (secondary N) is 1. The maximum atomic E-state index is 11.6. The lowest BCUT2D eigenvalue weighted by Gasteiger charge is -2.44. The van der Waals surface area contributed by atoms with Gasteiger partial charge in [0.1, 0.15) is 12.7 Å². The minimum absolute atomic E-state index is 0.185. The number of carbonyl (C=O) groups is 4. The van der Waals surface area contributed by atoms with Gasteiger partial charge in [-0.2, -0.15) is 0 Å². The summed E-state index contributed by atoms with van der Waals surface area (Å²) < 4.78 is 32.1. The first-order chi connectivity index (χ1) is 13.1. The van der Waals surface area contributed by atoms with Crippen molar-refractivity contribution in [1.82, 2.24) is 5.32 Å². The van der Waals surface area contributed by atoms with Gasteiger partial charge in [0.15, 0.2) is 24.6 Å². The fourth-order valence-corrected chi connectivity index (χ4v) is 2.60. The van der Waals surface area contributed by atoms with Gasteiger partial charge in [0.25, 0.3) is 0 Å². The molecule has 0 bridgehead atoms. The lowest BCUT2D eigenvalue weighted by atomic mass is 9.98. The second-order valence-corrected chi connectivity index (χ2v) is 6.04. The Labute approximate surface area is 162 Å². The van der Waals surface area contributed by atoms with Crippen molar-refractivity contribution in [2.75, 3.05) is 26.8 Å². The summed E-state index contributed by atoms with van der Waals surface area (Å²) in [5.74, 6) is -2.63. The third-order valence-corrected chi connectivity index (χ3v) is 3.58. The SMILES string of the molecule is CNCCO[C@@H]1O[C@H](COC(C)=O)[C@@H](OC(C)=O)[C@H](OC(C)=O)[C@H]1OC(C)=O. The number of ether oxygens (including phenoxy) is 6. The van der Waals surface area contributed by atoms with E-state index < -0.39 is 54.6 Å². The van der Waals surface area contributed by atoms with Crippen molar-refractivity contribution in [3.8, 4) is 0 Å². The fourth-order valence-electron chi connectivity index (χ4n) is 2.60. The van der Waals surface area contributed by atoms with Crippen LogP contribution in [-0.2, 0) is 47.6 Å². The Balaban J connectivity index is 3.21. The van der Waals surface area contributed by atoms with Gasteiger partial charge in [-0.3, -0.25) is 19.2 Å². The maximum Gasteiger partial charge on any atom is 0.303 e. The van der Waals surface area contributed by atoms with Crippen molar-refractivity contribution >= 4 is 23.9 Å². The Morgan fingerprint density at radius 3 is 1.86 bits per heavy atom. The highest BCUT2D eigenvalue weighted by molar-refractivity contribution is 5.68. The third kappa shape index (κ3) is 7.79. The Morgan fingerprint density at radius 1 is 0.821 bits per heavy atom. The molecule has 1 aliphatic heterocycles. The summed E-state index contributed by atoms with van der Waals surface area (Å²) in [5.41, 5.74) is 0. The predicted molar refractivity (Wildman–Crippen MR) is 91.8 cm³/mol. The van der Waals surface area contributed by atoms with E-state index in [4.69, 9.17) is 28.4 Å². The van der Waals surface area contributed by atoms with E-state index in [0.717, 1.165) is 13.8 Å². The van der Waals surface area contributed by atoms with Crippen LogP contribution in [0.3, 0.4) is 0 Å². The van der Waals surface area contributed by atoms with Crippen LogP contribution in [-0.4, -0.2) is 81.4 Å². The standard InChI is InChI=1S/C17H27NO10/c1-9(19)24-8-13-14(25-10(2)20)15(26-11(3)21)16(27-12(4)22)17(28-13)23-7-6-18-5/h13-18H,6-8H2,1-5H3/t13-,14-,15+,16-,17-/m1/s1. The maximum absolute atomic E-state index is 11.6. The van der Waals surface area contributed by atoms with Gasteiger partial charge in [0.05, 0.1) is 6.61 Å².